The van der Waals surface area contributed by atoms with Crippen LogP contribution in [0.4, 0.5) is 11.4 Å². The van der Waals surface area contributed by atoms with Gasteiger partial charge in [-0.3, -0.25) is 15.1 Å². The van der Waals surface area contributed by atoms with Crippen LogP contribution in [0, 0.1) is 10.1 Å². The molecule has 0 amide bonds. The van der Waals surface area contributed by atoms with Gasteiger partial charge in [-0.2, -0.15) is 11.8 Å². The Morgan fingerprint density at radius 3 is 2.81 bits per heavy atom. The summed E-state index contributed by atoms with van der Waals surface area (Å²) in [4.78, 5) is 14.6. The number of nitro benzene ring substituents is 1. The fourth-order valence-corrected chi connectivity index (χ4v) is 2.86. The van der Waals surface area contributed by atoms with E-state index in [0.717, 1.165) is 11.1 Å². The van der Waals surface area contributed by atoms with Gasteiger partial charge in [-0.25, -0.2) is 0 Å². The van der Waals surface area contributed by atoms with Crippen molar-refractivity contribution in [3.05, 3.63) is 40.7 Å². The second-order valence-corrected chi connectivity index (χ2v) is 5.78. The predicted molar refractivity (Wildman–Crippen MR) is 85.9 cm³/mol. The minimum absolute atomic E-state index is 0.0304. The van der Waals surface area contributed by atoms with Crippen LogP contribution >= 0.6 is 11.8 Å². The molecule has 0 bridgehead atoms. The molecule has 0 spiro atoms. The summed E-state index contributed by atoms with van der Waals surface area (Å²) in [5.74, 6) is 0. The lowest BCUT2D eigenvalue weighted by atomic mass is 10.1. The van der Waals surface area contributed by atoms with E-state index in [9.17, 15) is 15.2 Å². The van der Waals surface area contributed by atoms with Crippen LogP contribution in [-0.2, 0) is 0 Å². The van der Waals surface area contributed by atoms with Crippen molar-refractivity contribution >= 4 is 33.9 Å². The molecular formula is C14H17N3O3S. The summed E-state index contributed by atoms with van der Waals surface area (Å²) in [6, 6.07) is 4.96. The Morgan fingerprint density at radius 1 is 1.43 bits per heavy atom. The molecule has 1 heterocycles. The van der Waals surface area contributed by atoms with Crippen molar-refractivity contribution in [2.45, 2.75) is 18.2 Å². The lowest BCUT2D eigenvalue weighted by molar-refractivity contribution is -0.383. The first kappa shape index (κ1) is 15.5. The van der Waals surface area contributed by atoms with Crippen LogP contribution in [0.3, 0.4) is 0 Å². The van der Waals surface area contributed by atoms with E-state index in [-0.39, 0.29) is 23.6 Å². The first-order chi connectivity index (χ1) is 10.1. The number of hydrogen-bond acceptors (Lipinski definition) is 6. The molecule has 0 aliphatic heterocycles. The zero-order valence-corrected chi connectivity index (χ0v) is 12.6. The van der Waals surface area contributed by atoms with Crippen LogP contribution in [0.2, 0.25) is 0 Å². The maximum atomic E-state index is 11.1. The van der Waals surface area contributed by atoms with Gasteiger partial charge in [0.15, 0.2) is 0 Å². The number of pyridine rings is 1. The third-order valence-corrected chi connectivity index (χ3v) is 4.58. The number of nitrogens with zero attached hydrogens (tertiary/aromatic N) is 2. The number of nitrogens with one attached hydrogen (secondary N) is 1. The Morgan fingerprint density at radius 2 is 2.19 bits per heavy atom. The van der Waals surface area contributed by atoms with Crippen LogP contribution in [0.15, 0.2) is 30.6 Å². The standard InChI is InChI=1S/C14H17N3O3S/c1-9(14(8-18)21-2)16-12-3-4-13(17(19)20)11-7-15-6-5-10(11)12/h3-7,9,14,16,18H,8H2,1-2H3/t9-,14-/m0/s1. The lowest BCUT2D eigenvalue weighted by Gasteiger charge is -2.23. The minimum atomic E-state index is -0.407. The first-order valence-corrected chi connectivity index (χ1v) is 7.78. The Labute approximate surface area is 126 Å². The van der Waals surface area contributed by atoms with Gasteiger partial charge in [0.05, 0.1) is 16.9 Å². The number of rotatable bonds is 6. The zero-order valence-electron chi connectivity index (χ0n) is 11.8. The Hall–Kier alpha value is -1.86. The van der Waals surface area contributed by atoms with E-state index in [0.29, 0.717) is 5.39 Å². The van der Waals surface area contributed by atoms with Crippen molar-refractivity contribution in [1.82, 2.24) is 4.98 Å². The van der Waals surface area contributed by atoms with Gasteiger partial charge in [-0.1, -0.05) is 0 Å². The average Bonchev–Trinajstić information content (AvgIpc) is 2.48. The molecule has 2 rings (SSSR count). The molecule has 0 radical (unpaired) electrons. The van der Waals surface area contributed by atoms with Crippen molar-refractivity contribution in [2.75, 3.05) is 18.2 Å². The largest absolute Gasteiger partial charge is 0.395 e. The van der Waals surface area contributed by atoms with E-state index >= 15 is 0 Å². The quantitative estimate of drug-likeness (QED) is 0.630. The van der Waals surface area contributed by atoms with Crippen LogP contribution in [-0.4, -0.2) is 39.2 Å². The molecule has 0 unspecified atom stereocenters. The maximum absolute atomic E-state index is 11.1. The number of fused-ring (bicyclic) bond motifs is 1. The van der Waals surface area contributed by atoms with Gasteiger partial charge < -0.3 is 10.4 Å². The molecule has 0 aliphatic carbocycles. The number of aliphatic hydroxyl groups is 1. The minimum Gasteiger partial charge on any atom is -0.395 e. The molecule has 0 saturated carbocycles. The van der Waals surface area contributed by atoms with E-state index in [1.807, 2.05) is 13.2 Å². The highest BCUT2D eigenvalue weighted by Crippen LogP contribution is 2.31. The second kappa shape index (κ2) is 6.73. The molecule has 0 fully saturated rings. The van der Waals surface area contributed by atoms with Crippen LogP contribution in [0.1, 0.15) is 6.92 Å². The van der Waals surface area contributed by atoms with Gasteiger partial charge in [-0.15, -0.1) is 0 Å². The summed E-state index contributed by atoms with van der Waals surface area (Å²) in [5.41, 5.74) is 0.845. The van der Waals surface area contributed by atoms with Gasteiger partial charge >= 0.3 is 0 Å². The van der Waals surface area contributed by atoms with Crippen LogP contribution in [0.25, 0.3) is 10.8 Å². The lowest BCUT2D eigenvalue weighted by Crippen LogP contribution is -2.31. The first-order valence-electron chi connectivity index (χ1n) is 6.49. The fourth-order valence-electron chi connectivity index (χ4n) is 2.24. The van der Waals surface area contributed by atoms with Crippen molar-refractivity contribution in [3.8, 4) is 0 Å². The van der Waals surface area contributed by atoms with Crippen molar-refractivity contribution in [2.24, 2.45) is 0 Å². The van der Waals surface area contributed by atoms with Gasteiger partial charge in [0.25, 0.3) is 5.69 Å². The highest BCUT2D eigenvalue weighted by Gasteiger charge is 2.18. The number of nitro groups is 1. The molecule has 6 nitrogen and oxygen atoms in total. The summed E-state index contributed by atoms with van der Waals surface area (Å²) < 4.78 is 0. The molecular weight excluding hydrogens is 290 g/mol. The zero-order chi connectivity index (χ0) is 15.4. The monoisotopic (exact) mass is 307 g/mol. The highest BCUT2D eigenvalue weighted by atomic mass is 32.2. The topological polar surface area (TPSA) is 88.3 Å². The molecule has 7 heteroatoms. The SMILES string of the molecule is CS[C@@H](CO)[C@H](C)Nc1ccc([N+](=O)[O-])c2cnccc12. The van der Waals surface area contributed by atoms with Crippen molar-refractivity contribution < 1.29 is 10.0 Å². The van der Waals surface area contributed by atoms with Crippen LogP contribution < -0.4 is 5.32 Å². The summed E-state index contributed by atoms with van der Waals surface area (Å²) in [7, 11) is 0. The number of non-ortho nitro benzene ring substituents is 1. The molecule has 1 aromatic carbocycles. The van der Waals surface area contributed by atoms with E-state index in [1.54, 1.807) is 30.1 Å². The molecule has 1 aromatic heterocycles. The molecule has 2 N–H and O–H groups in total. The number of anilines is 1. The van der Waals surface area contributed by atoms with Crippen LogP contribution in [0.5, 0.6) is 0 Å². The summed E-state index contributed by atoms with van der Waals surface area (Å²) in [6.45, 7) is 2.05. The smallest absolute Gasteiger partial charge is 0.278 e. The second-order valence-electron chi connectivity index (χ2n) is 4.70. The highest BCUT2D eigenvalue weighted by molar-refractivity contribution is 7.99. The third-order valence-electron chi connectivity index (χ3n) is 3.42. The van der Waals surface area contributed by atoms with Crippen molar-refractivity contribution in [1.29, 1.82) is 0 Å². The molecule has 2 aromatic rings. The molecule has 2 atom stereocenters. The van der Waals surface area contributed by atoms with Crippen molar-refractivity contribution in [3.63, 3.8) is 0 Å². The Balaban J connectivity index is 2.42. The fraction of sp³-hybridized carbons (Fsp3) is 0.357. The Bertz CT molecular complexity index is 646. The maximum Gasteiger partial charge on any atom is 0.278 e. The summed E-state index contributed by atoms with van der Waals surface area (Å²) in [6.07, 6.45) is 5.05. The van der Waals surface area contributed by atoms with Gasteiger partial charge in [0.2, 0.25) is 0 Å². The van der Waals surface area contributed by atoms with E-state index in [1.165, 1.54) is 12.3 Å². The molecule has 112 valence electrons. The number of aliphatic hydroxyl groups excluding tert-OH is 1. The summed E-state index contributed by atoms with van der Waals surface area (Å²) in [5, 5.41) is 25.0. The predicted octanol–water partition coefficient (Wildman–Crippen LogP) is 2.67. The van der Waals surface area contributed by atoms with Gasteiger partial charge in [0.1, 0.15) is 0 Å². The summed E-state index contributed by atoms with van der Waals surface area (Å²) >= 11 is 1.58. The third kappa shape index (κ3) is 3.25. The molecule has 0 saturated heterocycles. The normalized spacial score (nSPS) is 13.9. The number of hydrogen-bond donors (Lipinski definition) is 2. The number of aromatic nitrogens is 1. The van der Waals surface area contributed by atoms with Gasteiger partial charge in [-0.05, 0) is 25.3 Å². The van der Waals surface area contributed by atoms with Gasteiger partial charge in [0, 0.05) is 40.8 Å². The number of thioether (sulfide) groups is 1. The average molecular weight is 307 g/mol. The Kier molecular flexibility index (Phi) is 4.98. The van der Waals surface area contributed by atoms with E-state index in [4.69, 9.17) is 0 Å². The molecule has 21 heavy (non-hydrogen) atoms. The van der Waals surface area contributed by atoms with E-state index < -0.39 is 4.92 Å². The molecule has 0 aliphatic rings. The van der Waals surface area contributed by atoms with E-state index in [2.05, 4.69) is 10.3 Å². The number of benzene rings is 1.